The van der Waals surface area contributed by atoms with Gasteiger partial charge in [0.05, 0.1) is 12.5 Å². The smallest absolute Gasteiger partial charge is 0.307 e. The number of carbonyl (C=O) groups excluding carboxylic acids is 1. The number of carboxylic acid groups (broad SMARTS) is 1. The minimum absolute atomic E-state index is 0.0220. The first-order chi connectivity index (χ1) is 6.11. The maximum absolute atomic E-state index is 11.0. The van der Waals surface area contributed by atoms with Gasteiger partial charge in [0.15, 0.2) is 0 Å². The molecule has 76 valence electrons. The second-order valence-electron chi connectivity index (χ2n) is 2.72. The van der Waals surface area contributed by atoms with Crippen molar-refractivity contribution < 1.29 is 19.8 Å². The number of hydrogen-bond acceptors (Lipinski definition) is 3. The highest BCUT2D eigenvalue weighted by molar-refractivity contribution is 5.82. The molecule has 0 fully saturated rings. The number of amides is 1. The molecular formula is C8H15NO4. The fraction of sp³-hybridized carbons (Fsp3) is 0.750. The summed E-state index contributed by atoms with van der Waals surface area (Å²) in [5.41, 5.74) is 0. The van der Waals surface area contributed by atoms with Crippen LogP contribution in [0.3, 0.4) is 0 Å². The first kappa shape index (κ1) is 11.9. The summed E-state index contributed by atoms with van der Waals surface area (Å²) < 4.78 is 0. The lowest BCUT2D eigenvalue weighted by Gasteiger charge is -2.08. The molecule has 1 unspecified atom stereocenters. The van der Waals surface area contributed by atoms with Crippen LogP contribution in [0.4, 0.5) is 0 Å². The van der Waals surface area contributed by atoms with Gasteiger partial charge >= 0.3 is 5.97 Å². The zero-order valence-corrected chi connectivity index (χ0v) is 7.62. The van der Waals surface area contributed by atoms with E-state index in [0.717, 1.165) is 0 Å². The van der Waals surface area contributed by atoms with E-state index in [0.29, 0.717) is 6.42 Å². The number of carbonyl (C=O) groups is 2. The largest absolute Gasteiger partial charge is 0.481 e. The summed E-state index contributed by atoms with van der Waals surface area (Å²) in [5.74, 6) is -1.91. The van der Waals surface area contributed by atoms with Crippen LogP contribution in [0.5, 0.6) is 0 Å². The van der Waals surface area contributed by atoms with E-state index in [-0.39, 0.29) is 25.5 Å². The van der Waals surface area contributed by atoms with Gasteiger partial charge in [-0.25, -0.2) is 0 Å². The second kappa shape index (κ2) is 6.42. The molecule has 0 aromatic rings. The Labute approximate surface area is 76.8 Å². The highest BCUT2D eigenvalue weighted by atomic mass is 16.4. The average Bonchev–Trinajstić information content (AvgIpc) is 2.10. The zero-order chi connectivity index (χ0) is 10.3. The van der Waals surface area contributed by atoms with E-state index in [2.05, 4.69) is 5.32 Å². The summed E-state index contributed by atoms with van der Waals surface area (Å²) in [6, 6.07) is 0. The van der Waals surface area contributed by atoms with Gasteiger partial charge in [0.2, 0.25) is 5.91 Å². The summed E-state index contributed by atoms with van der Waals surface area (Å²) >= 11 is 0. The molecule has 0 saturated carbocycles. The van der Waals surface area contributed by atoms with Crippen molar-refractivity contribution in [1.82, 2.24) is 5.32 Å². The van der Waals surface area contributed by atoms with E-state index < -0.39 is 11.9 Å². The van der Waals surface area contributed by atoms with Crippen LogP contribution in [0, 0.1) is 5.92 Å². The lowest BCUT2D eigenvalue weighted by molar-refractivity contribution is -0.144. The van der Waals surface area contributed by atoms with Gasteiger partial charge in [-0.3, -0.25) is 9.59 Å². The quantitative estimate of drug-likeness (QED) is 0.530. The predicted molar refractivity (Wildman–Crippen MR) is 46.1 cm³/mol. The zero-order valence-electron chi connectivity index (χ0n) is 7.62. The number of carboxylic acids is 1. The molecule has 3 N–H and O–H groups in total. The van der Waals surface area contributed by atoms with Gasteiger partial charge in [-0.2, -0.15) is 0 Å². The van der Waals surface area contributed by atoms with Crippen molar-refractivity contribution in [3.8, 4) is 0 Å². The van der Waals surface area contributed by atoms with E-state index in [1.165, 1.54) is 0 Å². The molecule has 0 radical (unpaired) electrons. The number of aliphatic hydroxyl groups is 1. The molecule has 0 spiro atoms. The molecule has 0 aromatic heterocycles. The Morgan fingerprint density at radius 3 is 2.46 bits per heavy atom. The van der Waals surface area contributed by atoms with Crippen LogP contribution in [-0.2, 0) is 9.59 Å². The molecule has 0 aliphatic carbocycles. The van der Waals surface area contributed by atoms with E-state index in [4.69, 9.17) is 10.2 Å². The maximum Gasteiger partial charge on any atom is 0.307 e. The maximum atomic E-state index is 11.0. The molecule has 0 aliphatic rings. The number of rotatable bonds is 6. The monoisotopic (exact) mass is 189 g/mol. The molecule has 1 atom stereocenters. The summed E-state index contributed by atoms with van der Waals surface area (Å²) in [5, 5.41) is 19.4. The highest BCUT2D eigenvalue weighted by Crippen LogP contribution is 2.07. The number of nitrogens with one attached hydrogen (secondary N) is 1. The fourth-order valence-corrected chi connectivity index (χ4v) is 0.898. The number of hydrogen-bond donors (Lipinski definition) is 3. The summed E-state index contributed by atoms with van der Waals surface area (Å²) in [6.07, 6.45) is 0.410. The Hall–Kier alpha value is -1.10. The van der Waals surface area contributed by atoms with Crippen molar-refractivity contribution in [1.29, 1.82) is 0 Å². The van der Waals surface area contributed by atoms with Gasteiger partial charge in [-0.05, 0) is 6.42 Å². The third-order valence-corrected chi connectivity index (χ3v) is 1.71. The van der Waals surface area contributed by atoms with E-state index >= 15 is 0 Å². The minimum Gasteiger partial charge on any atom is -0.481 e. The van der Waals surface area contributed by atoms with Gasteiger partial charge in [0.1, 0.15) is 0 Å². The van der Waals surface area contributed by atoms with Crippen LogP contribution in [-0.4, -0.2) is 35.2 Å². The Morgan fingerprint density at radius 1 is 1.46 bits per heavy atom. The van der Waals surface area contributed by atoms with Gasteiger partial charge in [0.25, 0.3) is 0 Å². The Bertz CT molecular complexity index is 181. The lowest BCUT2D eigenvalue weighted by atomic mass is 10.0. The van der Waals surface area contributed by atoms with Crippen molar-refractivity contribution in [3.05, 3.63) is 0 Å². The molecule has 5 nitrogen and oxygen atoms in total. The molecule has 5 heteroatoms. The van der Waals surface area contributed by atoms with Gasteiger partial charge in [-0.1, -0.05) is 6.92 Å². The molecule has 13 heavy (non-hydrogen) atoms. The van der Waals surface area contributed by atoms with E-state index in [9.17, 15) is 9.59 Å². The molecule has 0 saturated heterocycles. The van der Waals surface area contributed by atoms with Crippen LogP contribution < -0.4 is 5.32 Å². The summed E-state index contributed by atoms with van der Waals surface area (Å²) in [4.78, 5) is 21.5. The van der Waals surface area contributed by atoms with E-state index in [1.807, 2.05) is 0 Å². The van der Waals surface area contributed by atoms with Crippen molar-refractivity contribution >= 4 is 11.9 Å². The molecule has 0 aliphatic heterocycles. The van der Waals surface area contributed by atoms with Gasteiger partial charge in [-0.15, -0.1) is 0 Å². The van der Waals surface area contributed by atoms with Crippen LogP contribution in [0.25, 0.3) is 0 Å². The summed E-state index contributed by atoms with van der Waals surface area (Å²) in [6.45, 7) is 1.77. The fourth-order valence-electron chi connectivity index (χ4n) is 0.898. The Kier molecular flexibility index (Phi) is 5.88. The van der Waals surface area contributed by atoms with Gasteiger partial charge < -0.3 is 15.5 Å². The van der Waals surface area contributed by atoms with Crippen molar-refractivity contribution in [2.45, 2.75) is 19.8 Å². The third-order valence-electron chi connectivity index (χ3n) is 1.71. The van der Waals surface area contributed by atoms with Crippen molar-refractivity contribution in [2.75, 3.05) is 13.2 Å². The molecule has 1 amide bonds. The minimum atomic E-state index is -0.957. The third kappa shape index (κ3) is 5.19. The predicted octanol–water partition coefficient (Wildman–Crippen LogP) is -0.404. The molecular weight excluding hydrogens is 174 g/mol. The second-order valence-corrected chi connectivity index (χ2v) is 2.72. The molecule has 0 heterocycles. The molecule has 0 bridgehead atoms. The number of aliphatic hydroxyl groups excluding tert-OH is 1. The standard InChI is InChI=1S/C8H15NO4/c1-2-6(8(12)13)5-7(11)9-3-4-10/h6,10H,2-5H2,1H3,(H,9,11)(H,12,13). The lowest BCUT2D eigenvalue weighted by Crippen LogP contribution is -2.30. The molecule has 0 aromatic carbocycles. The van der Waals surface area contributed by atoms with Crippen LogP contribution in [0.1, 0.15) is 19.8 Å². The van der Waals surface area contributed by atoms with Crippen LogP contribution in [0.15, 0.2) is 0 Å². The first-order valence-corrected chi connectivity index (χ1v) is 4.22. The van der Waals surface area contributed by atoms with Crippen molar-refractivity contribution in [2.24, 2.45) is 5.92 Å². The Morgan fingerprint density at radius 2 is 2.08 bits per heavy atom. The van der Waals surface area contributed by atoms with Crippen LogP contribution >= 0.6 is 0 Å². The Balaban J connectivity index is 3.80. The number of aliphatic carboxylic acids is 1. The topological polar surface area (TPSA) is 86.6 Å². The SMILES string of the molecule is CCC(CC(=O)NCCO)C(=O)O. The van der Waals surface area contributed by atoms with Gasteiger partial charge in [0, 0.05) is 13.0 Å². The highest BCUT2D eigenvalue weighted by Gasteiger charge is 2.18. The summed E-state index contributed by atoms with van der Waals surface area (Å²) in [7, 11) is 0. The van der Waals surface area contributed by atoms with E-state index in [1.54, 1.807) is 6.92 Å². The average molecular weight is 189 g/mol. The van der Waals surface area contributed by atoms with Crippen LogP contribution in [0.2, 0.25) is 0 Å². The van der Waals surface area contributed by atoms with Crippen molar-refractivity contribution in [3.63, 3.8) is 0 Å². The normalized spacial score (nSPS) is 12.2. The molecule has 0 rings (SSSR count). The first-order valence-electron chi connectivity index (χ1n) is 4.22.